The van der Waals surface area contributed by atoms with Gasteiger partial charge in [-0.1, -0.05) is 51.1 Å². The molecule has 0 saturated heterocycles. The fourth-order valence-electron chi connectivity index (χ4n) is 2.56. The Labute approximate surface area is 146 Å². The first kappa shape index (κ1) is 18.9. The quantitative estimate of drug-likeness (QED) is 0.711. The number of aliphatic carboxylic acids is 1. The van der Waals surface area contributed by atoms with E-state index in [2.05, 4.69) is 59.0 Å². The van der Waals surface area contributed by atoms with Crippen molar-refractivity contribution in [2.45, 2.75) is 58.2 Å². The fraction of sp³-hybridized carbons (Fsp3) is 0.550. The van der Waals surface area contributed by atoms with E-state index in [1.807, 2.05) is 12.1 Å². The highest BCUT2D eigenvalue weighted by Gasteiger charge is 2.44. The van der Waals surface area contributed by atoms with Crippen molar-refractivity contribution < 1.29 is 14.3 Å². The van der Waals surface area contributed by atoms with E-state index in [1.165, 1.54) is 5.57 Å². The Kier molecular flexibility index (Phi) is 5.40. The number of hydrogen-bond donors (Lipinski definition) is 1. The standard InChI is InChI=1S/C20H30O3Si/c1-14(10-11-23-24(5,6)20(2,3)4)15-8-7-9-16(12-15)17-13-18(17)19(21)22/h7-10,12,17-18H,11,13H2,1-6H3,(H,21,22)/b14-10+/t17?,18-/m1/s1. The van der Waals surface area contributed by atoms with Gasteiger partial charge in [0.05, 0.1) is 12.5 Å². The number of allylic oxidation sites excluding steroid dienone is 1. The van der Waals surface area contributed by atoms with Crippen molar-refractivity contribution in [2.75, 3.05) is 6.61 Å². The maximum Gasteiger partial charge on any atom is 0.307 e. The van der Waals surface area contributed by atoms with Crippen molar-refractivity contribution in [1.82, 2.24) is 0 Å². The number of rotatable bonds is 6. The summed E-state index contributed by atoms with van der Waals surface area (Å²) in [6.07, 6.45) is 2.90. The third kappa shape index (κ3) is 4.36. The molecule has 0 spiro atoms. The van der Waals surface area contributed by atoms with Crippen LogP contribution in [0.25, 0.3) is 5.57 Å². The lowest BCUT2D eigenvalue weighted by atomic mass is 10.0. The average molecular weight is 347 g/mol. The predicted molar refractivity (Wildman–Crippen MR) is 102 cm³/mol. The van der Waals surface area contributed by atoms with E-state index in [9.17, 15) is 4.79 Å². The summed E-state index contributed by atoms with van der Waals surface area (Å²) in [7, 11) is -1.72. The minimum atomic E-state index is -1.72. The molecule has 1 aromatic carbocycles. The smallest absolute Gasteiger partial charge is 0.307 e. The number of hydrogen-bond acceptors (Lipinski definition) is 2. The van der Waals surface area contributed by atoms with Crippen LogP contribution in [-0.4, -0.2) is 26.0 Å². The molecular weight excluding hydrogens is 316 g/mol. The molecule has 1 aliphatic rings. The van der Waals surface area contributed by atoms with Gasteiger partial charge in [-0.25, -0.2) is 0 Å². The van der Waals surface area contributed by atoms with Crippen LogP contribution in [0, 0.1) is 5.92 Å². The van der Waals surface area contributed by atoms with E-state index >= 15 is 0 Å². The van der Waals surface area contributed by atoms with Gasteiger partial charge < -0.3 is 9.53 Å². The van der Waals surface area contributed by atoms with E-state index in [0.717, 1.165) is 17.5 Å². The lowest BCUT2D eigenvalue weighted by Crippen LogP contribution is -2.40. The van der Waals surface area contributed by atoms with Gasteiger partial charge in [0, 0.05) is 0 Å². The van der Waals surface area contributed by atoms with Crippen molar-refractivity contribution in [3.05, 3.63) is 41.5 Å². The maximum atomic E-state index is 11.1. The number of benzene rings is 1. The Morgan fingerprint density at radius 3 is 2.58 bits per heavy atom. The first-order valence-corrected chi connectivity index (χ1v) is 11.6. The van der Waals surface area contributed by atoms with Gasteiger partial charge in [0.1, 0.15) is 0 Å². The molecule has 1 fully saturated rings. The molecular formula is C20H30O3Si. The highest BCUT2D eigenvalue weighted by molar-refractivity contribution is 6.74. The third-order valence-corrected chi connectivity index (χ3v) is 10.0. The van der Waals surface area contributed by atoms with Crippen molar-refractivity contribution in [1.29, 1.82) is 0 Å². The van der Waals surface area contributed by atoms with Crippen LogP contribution < -0.4 is 0 Å². The van der Waals surface area contributed by atoms with E-state index in [4.69, 9.17) is 9.53 Å². The van der Waals surface area contributed by atoms with Crippen LogP contribution in [-0.2, 0) is 9.22 Å². The summed E-state index contributed by atoms with van der Waals surface area (Å²) in [4.78, 5) is 11.1. The maximum absolute atomic E-state index is 11.1. The molecule has 1 unspecified atom stereocenters. The molecule has 0 heterocycles. The molecule has 1 aromatic rings. The molecule has 0 bridgehead atoms. The van der Waals surface area contributed by atoms with Gasteiger partial charge in [0.2, 0.25) is 0 Å². The summed E-state index contributed by atoms with van der Waals surface area (Å²) in [5.74, 6) is -0.703. The average Bonchev–Trinajstić information content (AvgIpc) is 3.26. The minimum Gasteiger partial charge on any atom is -0.481 e. The molecule has 0 aliphatic heterocycles. The largest absolute Gasteiger partial charge is 0.481 e. The predicted octanol–water partition coefficient (Wildman–Crippen LogP) is 5.30. The van der Waals surface area contributed by atoms with Crippen LogP contribution in [0.5, 0.6) is 0 Å². The highest BCUT2D eigenvalue weighted by atomic mass is 28.4. The third-order valence-electron chi connectivity index (χ3n) is 5.52. The topological polar surface area (TPSA) is 46.5 Å². The Hall–Kier alpha value is -1.39. The molecule has 1 saturated carbocycles. The van der Waals surface area contributed by atoms with Gasteiger partial charge in [-0.2, -0.15) is 0 Å². The number of carboxylic acids is 1. The van der Waals surface area contributed by atoms with Crippen LogP contribution in [0.15, 0.2) is 30.3 Å². The van der Waals surface area contributed by atoms with Crippen molar-refractivity contribution in [3.8, 4) is 0 Å². The molecule has 2 rings (SSSR count). The van der Waals surface area contributed by atoms with Crippen LogP contribution >= 0.6 is 0 Å². The second-order valence-electron chi connectivity index (χ2n) is 8.37. The summed E-state index contributed by atoms with van der Waals surface area (Å²) in [6, 6.07) is 8.27. The molecule has 0 aromatic heterocycles. The van der Waals surface area contributed by atoms with Crippen molar-refractivity contribution in [3.63, 3.8) is 0 Å². The van der Waals surface area contributed by atoms with E-state index in [0.29, 0.717) is 6.61 Å². The van der Waals surface area contributed by atoms with Gasteiger partial charge in [0.25, 0.3) is 0 Å². The van der Waals surface area contributed by atoms with Crippen LogP contribution in [0.4, 0.5) is 0 Å². The molecule has 3 nitrogen and oxygen atoms in total. The normalized spacial score (nSPS) is 21.7. The summed E-state index contributed by atoms with van der Waals surface area (Å²) in [5, 5.41) is 9.31. The zero-order valence-electron chi connectivity index (χ0n) is 15.7. The molecule has 1 N–H and O–H groups in total. The summed E-state index contributed by atoms with van der Waals surface area (Å²) >= 11 is 0. The summed E-state index contributed by atoms with van der Waals surface area (Å²) < 4.78 is 6.21. The molecule has 132 valence electrons. The van der Waals surface area contributed by atoms with Crippen LogP contribution in [0.3, 0.4) is 0 Å². The van der Waals surface area contributed by atoms with Crippen LogP contribution in [0.1, 0.15) is 51.2 Å². The second kappa shape index (κ2) is 6.85. The van der Waals surface area contributed by atoms with Gasteiger partial charge in [-0.3, -0.25) is 4.79 Å². The molecule has 0 amide bonds. The lowest BCUT2D eigenvalue weighted by molar-refractivity contribution is -0.138. The number of carboxylic acid groups (broad SMARTS) is 1. The lowest BCUT2D eigenvalue weighted by Gasteiger charge is -2.35. The van der Waals surface area contributed by atoms with E-state index in [-0.39, 0.29) is 16.9 Å². The van der Waals surface area contributed by atoms with Gasteiger partial charge in [-0.05, 0) is 54.1 Å². The summed E-state index contributed by atoms with van der Waals surface area (Å²) in [5.41, 5.74) is 3.48. The number of carbonyl (C=O) groups is 1. The van der Waals surface area contributed by atoms with Gasteiger partial charge >= 0.3 is 5.97 Å². The van der Waals surface area contributed by atoms with Crippen molar-refractivity contribution >= 4 is 19.9 Å². The summed E-state index contributed by atoms with van der Waals surface area (Å²) in [6.45, 7) is 14.0. The Morgan fingerprint density at radius 1 is 1.38 bits per heavy atom. The van der Waals surface area contributed by atoms with Gasteiger partial charge in [-0.15, -0.1) is 0 Å². The Morgan fingerprint density at radius 2 is 2.04 bits per heavy atom. The van der Waals surface area contributed by atoms with E-state index < -0.39 is 14.3 Å². The first-order chi connectivity index (χ1) is 11.0. The SMILES string of the molecule is C/C(=C\CO[Si](C)(C)C(C)(C)C)c1cccc(C2C[C@H]2C(=O)O)c1. The van der Waals surface area contributed by atoms with E-state index in [1.54, 1.807) is 0 Å². The molecule has 4 heteroatoms. The second-order valence-corrected chi connectivity index (χ2v) is 13.2. The van der Waals surface area contributed by atoms with Gasteiger partial charge in [0.15, 0.2) is 8.32 Å². The molecule has 0 radical (unpaired) electrons. The highest BCUT2D eigenvalue weighted by Crippen LogP contribution is 2.47. The molecule has 1 aliphatic carbocycles. The fourth-order valence-corrected chi connectivity index (χ4v) is 3.49. The van der Waals surface area contributed by atoms with Crippen molar-refractivity contribution in [2.24, 2.45) is 5.92 Å². The molecule has 24 heavy (non-hydrogen) atoms. The Balaban J connectivity index is 2.02. The zero-order chi connectivity index (χ0) is 18.1. The first-order valence-electron chi connectivity index (χ1n) is 8.67. The minimum absolute atomic E-state index is 0.179. The zero-order valence-corrected chi connectivity index (χ0v) is 16.7. The molecule has 2 atom stereocenters. The van der Waals surface area contributed by atoms with Crippen LogP contribution in [0.2, 0.25) is 18.1 Å². The Bertz CT molecular complexity index is 641. The monoisotopic (exact) mass is 346 g/mol.